The SMILES string of the molecule is NC(COc1ccc(Cl)cc1)C1CCOC2(CCSC2)C1. The summed E-state index contributed by atoms with van der Waals surface area (Å²) in [5.41, 5.74) is 6.45. The van der Waals surface area contributed by atoms with Crippen molar-refractivity contribution in [2.24, 2.45) is 11.7 Å². The molecule has 21 heavy (non-hydrogen) atoms. The van der Waals surface area contributed by atoms with Crippen LogP contribution in [0.2, 0.25) is 5.02 Å². The lowest BCUT2D eigenvalue weighted by atomic mass is 9.82. The third-order valence-corrected chi connectivity index (χ3v) is 5.93. The molecule has 2 N–H and O–H groups in total. The van der Waals surface area contributed by atoms with Crippen molar-refractivity contribution in [2.75, 3.05) is 24.7 Å². The predicted molar refractivity (Wildman–Crippen MR) is 88.3 cm³/mol. The van der Waals surface area contributed by atoms with Gasteiger partial charge in [0.25, 0.3) is 0 Å². The van der Waals surface area contributed by atoms with Gasteiger partial charge in [-0.3, -0.25) is 0 Å². The lowest BCUT2D eigenvalue weighted by Gasteiger charge is -2.39. The highest BCUT2D eigenvalue weighted by Crippen LogP contribution is 2.41. The van der Waals surface area contributed by atoms with E-state index in [4.69, 9.17) is 26.8 Å². The molecule has 0 aliphatic carbocycles. The van der Waals surface area contributed by atoms with Crippen LogP contribution < -0.4 is 10.5 Å². The first kappa shape index (κ1) is 15.5. The van der Waals surface area contributed by atoms with E-state index < -0.39 is 0 Å². The van der Waals surface area contributed by atoms with Gasteiger partial charge in [0.1, 0.15) is 12.4 Å². The van der Waals surface area contributed by atoms with Gasteiger partial charge in [-0.25, -0.2) is 0 Å². The second-order valence-electron chi connectivity index (χ2n) is 6.02. The molecule has 5 heteroatoms. The molecular formula is C16H22ClNO2S. The molecule has 3 rings (SSSR count). The number of ether oxygens (including phenoxy) is 2. The maximum absolute atomic E-state index is 6.36. The first-order valence-corrected chi connectivity index (χ1v) is 9.06. The molecule has 116 valence electrons. The van der Waals surface area contributed by atoms with E-state index in [2.05, 4.69) is 0 Å². The Labute approximate surface area is 135 Å². The van der Waals surface area contributed by atoms with Crippen LogP contribution >= 0.6 is 23.4 Å². The number of thioether (sulfide) groups is 1. The van der Waals surface area contributed by atoms with Crippen molar-refractivity contribution in [1.82, 2.24) is 0 Å². The number of rotatable bonds is 4. The predicted octanol–water partition coefficient (Wildman–Crippen LogP) is 3.35. The second kappa shape index (κ2) is 6.78. The van der Waals surface area contributed by atoms with Crippen molar-refractivity contribution >= 4 is 23.4 Å². The summed E-state index contributed by atoms with van der Waals surface area (Å²) in [6.45, 7) is 1.38. The summed E-state index contributed by atoms with van der Waals surface area (Å²) in [6.07, 6.45) is 3.28. The van der Waals surface area contributed by atoms with Crippen LogP contribution in [0.3, 0.4) is 0 Å². The third kappa shape index (κ3) is 3.86. The van der Waals surface area contributed by atoms with Gasteiger partial charge in [-0.1, -0.05) is 11.6 Å². The number of nitrogens with two attached hydrogens (primary N) is 1. The van der Waals surface area contributed by atoms with Gasteiger partial charge in [0, 0.05) is 23.4 Å². The van der Waals surface area contributed by atoms with Crippen LogP contribution in [0.5, 0.6) is 5.75 Å². The molecule has 3 unspecified atom stereocenters. The quantitative estimate of drug-likeness (QED) is 0.921. The number of hydrogen-bond acceptors (Lipinski definition) is 4. The Balaban J connectivity index is 1.52. The number of benzene rings is 1. The normalized spacial score (nSPS) is 30.5. The molecule has 2 heterocycles. The first-order chi connectivity index (χ1) is 10.2. The first-order valence-electron chi connectivity index (χ1n) is 7.53. The van der Waals surface area contributed by atoms with Gasteiger partial charge in [-0.15, -0.1) is 0 Å². The Morgan fingerprint density at radius 2 is 2.24 bits per heavy atom. The van der Waals surface area contributed by atoms with E-state index in [1.807, 2.05) is 36.0 Å². The van der Waals surface area contributed by atoms with Crippen LogP contribution in [0, 0.1) is 5.92 Å². The van der Waals surface area contributed by atoms with Gasteiger partial charge in [0.05, 0.1) is 5.60 Å². The minimum atomic E-state index is 0.0621. The van der Waals surface area contributed by atoms with Gasteiger partial charge in [-0.2, -0.15) is 11.8 Å². The molecule has 0 bridgehead atoms. The van der Waals surface area contributed by atoms with E-state index in [0.717, 1.165) is 36.0 Å². The largest absolute Gasteiger partial charge is 0.492 e. The van der Waals surface area contributed by atoms with Crippen molar-refractivity contribution in [3.8, 4) is 5.75 Å². The van der Waals surface area contributed by atoms with Crippen LogP contribution in [0.15, 0.2) is 24.3 Å². The monoisotopic (exact) mass is 327 g/mol. The maximum Gasteiger partial charge on any atom is 0.119 e. The number of hydrogen-bond donors (Lipinski definition) is 1. The van der Waals surface area contributed by atoms with Gasteiger partial charge >= 0.3 is 0 Å². The average molecular weight is 328 g/mol. The second-order valence-corrected chi connectivity index (χ2v) is 7.56. The molecule has 2 saturated heterocycles. The highest BCUT2D eigenvalue weighted by Gasteiger charge is 2.41. The molecule has 1 aromatic carbocycles. The minimum Gasteiger partial charge on any atom is -0.492 e. The molecular weight excluding hydrogens is 306 g/mol. The van der Waals surface area contributed by atoms with Gasteiger partial charge in [0.15, 0.2) is 0 Å². The Hall–Kier alpha value is -0.420. The summed E-state index contributed by atoms with van der Waals surface area (Å²) in [7, 11) is 0. The highest BCUT2D eigenvalue weighted by atomic mass is 35.5. The summed E-state index contributed by atoms with van der Waals surface area (Å²) in [4.78, 5) is 0. The maximum atomic E-state index is 6.36. The van der Waals surface area contributed by atoms with Crippen LogP contribution in [0.4, 0.5) is 0 Å². The fourth-order valence-corrected chi connectivity index (χ4v) is 4.66. The number of halogens is 1. The van der Waals surface area contributed by atoms with Crippen LogP contribution in [-0.2, 0) is 4.74 Å². The molecule has 2 aliphatic rings. The minimum absolute atomic E-state index is 0.0621. The lowest BCUT2D eigenvalue weighted by molar-refractivity contribution is -0.0848. The Morgan fingerprint density at radius 1 is 1.43 bits per heavy atom. The van der Waals surface area contributed by atoms with E-state index in [9.17, 15) is 0 Å². The highest BCUT2D eigenvalue weighted by molar-refractivity contribution is 7.99. The molecule has 1 spiro atoms. The van der Waals surface area contributed by atoms with Crippen LogP contribution in [0.25, 0.3) is 0 Å². The Bertz CT molecular complexity index is 462. The zero-order valence-corrected chi connectivity index (χ0v) is 13.7. The standard InChI is InChI=1S/C16H22ClNO2S/c17-13-1-3-14(4-2-13)19-10-15(18)12-5-7-20-16(9-12)6-8-21-11-16/h1-4,12,15H,5-11,18H2. The van der Waals surface area contributed by atoms with Crippen molar-refractivity contribution < 1.29 is 9.47 Å². The van der Waals surface area contributed by atoms with E-state index >= 15 is 0 Å². The van der Waals surface area contributed by atoms with E-state index in [1.165, 1.54) is 12.2 Å². The molecule has 0 radical (unpaired) electrons. The third-order valence-electron chi connectivity index (χ3n) is 4.46. The summed E-state index contributed by atoms with van der Waals surface area (Å²) in [6, 6.07) is 7.50. The van der Waals surface area contributed by atoms with Crippen molar-refractivity contribution in [2.45, 2.75) is 30.9 Å². The molecule has 0 aromatic heterocycles. The Morgan fingerprint density at radius 3 is 2.95 bits per heavy atom. The topological polar surface area (TPSA) is 44.5 Å². The molecule has 3 atom stereocenters. The smallest absolute Gasteiger partial charge is 0.119 e. The zero-order valence-electron chi connectivity index (χ0n) is 12.1. The summed E-state index contributed by atoms with van der Waals surface area (Å²) in [5.74, 6) is 3.65. The molecule has 2 aliphatic heterocycles. The van der Waals surface area contributed by atoms with E-state index in [1.54, 1.807) is 0 Å². The zero-order chi connectivity index (χ0) is 14.7. The molecule has 0 saturated carbocycles. The average Bonchev–Trinajstić information content (AvgIpc) is 2.94. The fourth-order valence-electron chi connectivity index (χ4n) is 3.15. The Kier molecular flexibility index (Phi) is 4.99. The van der Waals surface area contributed by atoms with Gasteiger partial charge in [-0.05, 0) is 55.2 Å². The van der Waals surface area contributed by atoms with Crippen molar-refractivity contribution in [1.29, 1.82) is 0 Å². The van der Waals surface area contributed by atoms with Crippen LogP contribution in [0.1, 0.15) is 19.3 Å². The summed E-state index contributed by atoms with van der Waals surface area (Å²) < 4.78 is 11.8. The van der Waals surface area contributed by atoms with Gasteiger partial charge < -0.3 is 15.2 Å². The van der Waals surface area contributed by atoms with E-state index in [0.29, 0.717) is 12.5 Å². The molecule has 3 nitrogen and oxygen atoms in total. The van der Waals surface area contributed by atoms with Gasteiger partial charge in [0.2, 0.25) is 0 Å². The molecule has 0 amide bonds. The molecule has 2 fully saturated rings. The summed E-state index contributed by atoms with van der Waals surface area (Å²) >= 11 is 7.86. The van der Waals surface area contributed by atoms with E-state index in [-0.39, 0.29) is 11.6 Å². The van der Waals surface area contributed by atoms with Crippen molar-refractivity contribution in [3.05, 3.63) is 29.3 Å². The van der Waals surface area contributed by atoms with Crippen molar-refractivity contribution in [3.63, 3.8) is 0 Å². The fraction of sp³-hybridized carbons (Fsp3) is 0.625. The lowest BCUT2D eigenvalue weighted by Crippen LogP contribution is -2.47. The summed E-state index contributed by atoms with van der Waals surface area (Å²) in [5, 5.41) is 0.719. The molecule has 1 aromatic rings. The van der Waals surface area contributed by atoms with Crippen LogP contribution in [-0.4, -0.2) is 36.4 Å².